The van der Waals surface area contributed by atoms with Gasteiger partial charge in [-0.25, -0.2) is 8.42 Å². The number of sulfonamides is 1. The molecule has 1 unspecified atom stereocenters. The molecule has 102 valence electrons. The smallest absolute Gasteiger partial charge is 0.214 e. The predicted octanol–water partition coefficient (Wildman–Crippen LogP) is 1.43. The fourth-order valence-electron chi connectivity index (χ4n) is 2.38. The van der Waals surface area contributed by atoms with Gasteiger partial charge in [0, 0.05) is 24.0 Å². The summed E-state index contributed by atoms with van der Waals surface area (Å²) in [6.07, 6.45) is 3.54. The molecule has 0 aliphatic carbocycles. The Hall–Kier alpha value is -0.430. The summed E-state index contributed by atoms with van der Waals surface area (Å²) in [6.45, 7) is 1.06. The number of hydrogen-bond acceptors (Lipinski definition) is 4. The first-order chi connectivity index (χ1) is 8.63. The van der Waals surface area contributed by atoms with E-state index in [4.69, 9.17) is 5.73 Å². The van der Waals surface area contributed by atoms with E-state index >= 15 is 0 Å². The fourth-order valence-corrected chi connectivity index (χ4v) is 4.98. The summed E-state index contributed by atoms with van der Waals surface area (Å²) < 4.78 is 26.3. The Bertz CT molecular complexity index is 456. The Kier molecular flexibility index (Phi) is 4.77. The van der Waals surface area contributed by atoms with Crippen LogP contribution >= 0.6 is 11.3 Å². The van der Waals surface area contributed by atoms with Crippen molar-refractivity contribution in [2.24, 2.45) is 5.73 Å². The number of nitrogens with two attached hydrogens (primary N) is 1. The Balaban J connectivity index is 2.00. The number of hydrogen-bond donors (Lipinski definition) is 1. The van der Waals surface area contributed by atoms with Gasteiger partial charge in [0.25, 0.3) is 0 Å². The standard InChI is InChI=1S/C12H20N2O2S2/c13-10-11-4-1-2-7-14(11)18(15,16)9-6-12-5-3-8-17-12/h3,5,8,11H,1-2,4,6-7,9-10,13H2. The number of rotatable bonds is 5. The van der Waals surface area contributed by atoms with Gasteiger partial charge in [0.1, 0.15) is 0 Å². The minimum atomic E-state index is -3.16. The van der Waals surface area contributed by atoms with Gasteiger partial charge < -0.3 is 5.73 Å². The number of thiophene rings is 1. The molecule has 4 nitrogen and oxygen atoms in total. The van der Waals surface area contributed by atoms with E-state index in [-0.39, 0.29) is 11.8 Å². The van der Waals surface area contributed by atoms with Crippen LogP contribution in [0.1, 0.15) is 24.1 Å². The zero-order valence-electron chi connectivity index (χ0n) is 10.4. The van der Waals surface area contributed by atoms with Crippen molar-refractivity contribution < 1.29 is 8.42 Å². The summed E-state index contributed by atoms with van der Waals surface area (Å²) in [6, 6.07) is 3.94. The van der Waals surface area contributed by atoms with E-state index < -0.39 is 10.0 Å². The van der Waals surface area contributed by atoms with Gasteiger partial charge in [0.2, 0.25) is 10.0 Å². The minimum Gasteiger partial charge on any atom is -0.329 e. The lowest BCUT2D eigenvalue weighted by Crippen LogP contribution is -2.48. The Morgan fingerprint density at radius 1 is 1.44 bits per heavy atom. The van der Waals surface area contributed by atoms with Crippen molar-refractivity contribution >= 4 is 21.4 Å². The molecule has 2 N–H and O–H groups in total. The summed E-state index contributed by atoms with van der Waals surface area (Å²) >= 11 is 1.61. The number of aryl methyl sites for hydroxylation is 1. The summed E-state index contributed by atoms with van der Waals surface area (Å²) in [5.74, 6) is 0.198. The third kappa shape index (κ3) is 3.32. The van der Waals surface area contributed by atoms with Gasteiger partial charge in [0.15, 0.2) is 0 Å². The van der Waals surface area contributed by atoms with Crippen LogP contribution in [-0.2, 0) is 16.4 Å². The van der Waals surface area contributed by atoms with Crippen molar-refractivity contribution in [1.29, 1.82) is 0 Å². The molecule has 1 aliphatic rings. The van der Waals surface area contributed by atoms with Crippen molar-refractivity contribution in [3.63, 3.8) is 0 Å². The molecule has 6 heteroatoms. The average molecular weight is 288 g/mol. The molecule has 1 fully saturated rings. The third-order valence-electron chi connectivity index (χ3n) is 3.39. The molecule has 0 aromatic carbocycles. The zero-order valence-corrected chi connectivity index (χ0v) is 12.0. The zero-order chi connectivity index (χ0) is 13.0. The summed E-state index contributed by atoms with van der Waals surface area (Å²) in [7, 11) is -3.16. The first kappa shape index (κ1) is 14.0. The van der Waals surface area contributed by atoms with E-state index in [1.807, 2.05) is 17.5 Å². The Morgan fingerprint density at radius 3 is 2.94 bits per heavy atom. The normalized spacial score (nSPS) is 22.2. The molecule has 2 heterocycles. The Labute approximate surface area is 113 Å². The van der Waals surface area contributed by atoms with Gasteiger partial charge in [0.05, 0.1) is 5.75 Å². The van der Waals surface area contributed by atoms with E-state index in [1.54, 1.807) is 15.6 Å². The summed E-state index contributed by atoms with van der Waals surface area (Å²) in [4.78, 5) is 1.12. The molecule has 1 aliphatic heterocycles. The predicted molar refractivity (Wildman–Crippen MR) is 75.2 cm³/mol. The molecule has 0 bridgehead atoms. The molecular formula is C12H20N2O2S2. The largest absolute Gasteiger partial charge is 0.329 e. The highest BCUT2D eigenvalue weighted by Gasteiger charge is 2.30. The van der Waals surface area contributed by atoms with E-state index in [2.05, 4.69) is 0 Å². The van der Waals surface area contributed by atoms with Gasteiger partial charge in [-0.05, 0) is 30.7 Å². The summed E-state index contributed by atoms with van der Waals surface area (Å²) in [5, 5.41) is 1.98. The molecule has 1 aromatic heterocycles. The van der Waals surface area contributed by atoms with Crippen LogP contribution in [0.5, 0.6) is 0 Å². The highest BCUT2D eigenvalue weighted by Crippen LogP contribution is 2.21. The molecule has 0 saturated carbocycles. The highest BCUT2D eigenvalue weighted by molar-refractivity contribution is 7.89. The monoisotopic (exact) mass is 288 g/mol. The van der Waals surface area contributed by atoms with Crippen LogP contribution in [0, 0.1) is 0 Å². The van der Waals surface area contributed by atoms with Crippen LogP contribution in [0.2, 0.25) is 0 Å². The van der Waals surface area contributed by atoms with Crippen molar-refractivity contribution in [3.8, 4) is 0 Å². The van der Waals surface area contributed by atoms with Gasteiger partial charge >= 0.3 is 0 Å². The van der Waals surface area contributed by atoms with Crippen LogP contribution in [0.25, 0.3) is 0 Å². The highest BCUT2D eigenvalue weighted by atomic mass is 32.2. The molecule has 0 amide bonds. The molecule has 1 aromatic rings. The van der Waals surface area contributed by atoms with Crippen molar-refractivity contribution in [2.75, 3.05) is 18.8 Å². The molecular weight excluding hydrogens is 268 g/mol. The van der Waals surface area contributed by atoms with Crippen LogP contribution in [0.15, 0.2) is 17.5 Å². The molecule has 2 rings (SSSR count). The molecule has 1 saturated heterocycles. The lowest BCUT2D eigenvalue weighted by Gasteiger charge is -2.33. The van der Waals surface area contributed by atoms with Gasteiger partial charge in [-0.3, -0.25) is 0 Å². The Morgan fingerprint density at radius 2 is 2.28 bits per heavy atom. The van der Waals surface area contributed by atoms with Crippen LogP contribution in [0.3, 0.4) is 0 Å². The second-order valence-electron chi connectivity index (χ2n) is 4.64. The van der Waals surface area contributed by atoms with Crippen LogP contribution in [-0.4, -0.2) is 37.6 Å². The second-order valence-corrected chi connectivity index (χ2v) is 7.71. The fraction of sp³-hybridized carbons (Fsp3) is 0.667. The van der Waals surface area contributed by atoms with E-state index in [0.29, 0.717) is 19.5 Å². The maximum absolute atomic E-state index is 12.3. The lowest BCUT2D eigenvalue weighted by molar-refractivity contribution is 0.257. The minimum absolute atomic E-state index is 0.00656. The van der Waals surface area contributed by atoms with Gasteiger partial charge in [-0.2, -0.15) is 4.31 Å². The average Bonchev–Trinajstić information content (AvgIpc) is 2.89. The van der Waals surface area contributed by atoms with Crippen LogP contribution in [0.4, 0.5) is 0 Å². The van der Waals surface area contributed by atoms with E-state index in [1.165, 1.54) is 0 Å². The molecule has 1 atom stereocenters. The summed E-state index contributed by atoms with van der Waals surface area (Å²) in [5.41, 5.74) is 5.68. The SMILES string of the molecule is NCC1CCCCN1S(=O)(=O)CCc1cccs1. The maximum Gasteiger partial charge on any atom is 0.214 e. The van der Waals surface area contributed by atoms with Crippen LogP contribution < -0.4 is 5.73 Å². The van der Waals surface area contributed by atoms with E-state index in [9.17, 15) is 8.42 Å². The van der Waals surface area contributed by atoms with Gasteiger partial charge in [-0.15, -0.1) is 11.3 Å². The topological polar surface area (TPSA) is 63.4 Å². The molecule has 0 spiro atoms. The second kappa shape index (κ2) is 6.14. The third-order valence-corrected chi connectivity index (χ3v) is 6.24. The number of nitrogens with zero attached hydrogens (tertiary/aromatic N) is 1. The van der Waals surface area contributed by atoms with Crippen molar-refractivity contribution in [1.82, 2.24) is 4.31 Å². The van der Waals surface area contributed by atoms with Gasteiger partial charge in [-0.1, -0.05) is 12.5 Å². The quantitative estimate of drug-likeness (QED) is 0.891. The lowest BCUT2D eigenvalue weighted by atomic mass is 10.1. The molecule has 0 radical (unpaired) electrons. The van der Waals surface area contributed by atoms with Crippen molar-refractivity contribution in [3.05, 3.63) is 22.4 Å². The first-order valence-electron chi connectivity index (χ1n) is 6.35. The van der Waals surface area contributed by atoms with Crippen molar-refractivity contribution in [2.45, 2.75) is 31.7 Å². The molecule has 18 heavy (non-hydrogen) atoms. The maximum atomic E-state index is 12.3. The first-order valence-corrected chi connectivity index (χ1v) is 8.84. The van der Waals surface area contributed by atoms with E-state index in [0.717, 1.165) is 24.1 Å². The number of piperidine rings is 1.